The molecule has 21 heavy (non-hydrogen) atoms. The smallest absolute Gasteiger partial charge is 0.177 e. The minimum absolute atomic E-state index is 0.267. The van der Waals surface area contributed by atoms with Gasteiger partial charge in [-0.25, -0.2) is 0 Å². The number of carbonyl (C=O) groups is 1. The largest absolute Gasteiger partial charge is 0.298 e. The van der Waals surface area contributed by atoms with Crippen LogP contribution in [0.25, 0.3) is 0 Å². The maximum absolute atomic E-state index is 12.6. The fourth-order valence-electron chi connectivity index (χ4n) is 3.34. The lowest BCUT2D eigenvalue weighted by molar-refractivity contribution is 0.0806. The van der Waals surface area contributed by atoms with E-state index in [0.717, 1.165) is 42.9 Å². The third-order valence-corrected chi connectivity index (χ3v) is 4.46. The molecule has 1 aliphatic rings. The molecule has 2 rings (SSSR count). The highest BCUT2D eigenvalue weighted by Crippen LogP contribution is 2.18. The molecular formula is C18H28N2O. The molecule has 1 fully saturated rings. The molecule has 116 valence electrons. The molecule has 3 nitrogen and oxygen atoms in total. The predicted octanol–water partition coefficient (Wildman–Crippen LogP) is 2.82. The zero-order valence-corrected chi connectivity index (χ0v) is 14.1. The zero-order chi connectivity index (χ0) is 15.6. The molecule has 0 unspecified atom stereocenters. The van der Waals surface area contributed by atoms with Gasteiger partial charge in [-0.1, -0.05) is 17.7 Å². The highest BCUT2D eigenvalue weighted by molar-refractivity contribution is 6.00. The number of hydrogen-bond acceptors (Lipinski definition) is 3. The number of hydrogen-bond donors (Lipinski definition) is 0. The Balaban J connectivity index is 2.00. The van der Waals surface area contributed by atoms with Gasteiger partial charge in [0.1, 0.15) is 0 Å². The van der Waals surface area contributed by atoms with Gasteiger partial charge in [0.05, 0.1) is 6.54 Å². The Morgan fingerprint density at radius 3 is 2.05 bits per heavy atom. The molecule has 0 radical (unpaired) electrons. The third kappa shape index (κ3) is 3.92. The average molecular weight is 288 g/mol. The Kier molecular flexibility index (Phi) is 5.17. The van der Waals surface area contributed by atoms with Crippen molar-refractivity contribution in [2.24, 2.45) is 0 Å². The second kappa shape index (κ2) is 6.71. The molecular weight excluding hydrogens is 260 g/mol. The van der Waals surface area contributed by atoms with Crippen molar-refractivity contribution >= 4 is 5.78 Å². The summed E-state index contributed by atoms with van der Waals surface area (Å²) in [4.78, 5) is 17.4. The summed E-state index contributed by atoms with van der Waals surface area (Å²) in [5, 5.41) is 0. The number of nitrogens with zero attached hydrogens (tertiary/aromatic N) is 2. The topological polar surface area (TPSA) is 23.6 Å². The van der Waals surface area contributed by atoms with Crippen molar-refractivity contribution in [1.29, 1.82) is 0 Å². The molecule has 0 amide bonds. The van der Waals surface area contributed by atoms with Crippen LogP contribution in [0.4, 0.5) is 0 Å². The lowest BCUT2D eigenvalue weighted by atomic mass is 9.96. The van der Waals surface area contributed by atoms with Gasteiger partial charge in [-0.3, -0.25) is 14.6 Å². The molecule has 0 N–H and O–H groups in total. The SMILES string of the molecule is Cc1cc(C)c(C(=O)CN2CCN(C(C)C)CC2)c(C)c1. The van der Waals surface area contributed by atoms with E-state index in [4.69, 9.17) is 0 Å². The summed E-state index contributed by atoms with van der Waals surface area (Å²) in [5.41, 5.74) is 4.37. The summed E-state index contributed by atoms with van der Waals surface area (Å²) >= 11 is 0. The van der Waals surface area contributed by atoms with Gasteiger partial charge >= 0.3 is 0 Å². The molecule has 1 aromatic carbocycles. The molecule has 1 saturated heterocycles. The normalized spacial score (nSPS) is 17.4. The monoisotopic (exact) mass is 288 g/mol. The molecule has 0 bridgehead atoms. The Morgan fingerprint density at radius 2 is 1.57 bits per heavy atom. The van der Waals surface area contributed by atoms with E-state index < -0.39 is 0 Å². The van der Waals surface area contributed by atoms with Crippen molar-refractivity contribution < 1.29 is 4.79 Å². The summed E-state index contributed by atoms with van der Waals surface area (Å²) in [5.74, 6) is 0.267. The van der Waals surface area contributed by atoms with Crippen LogP contribution in [0.3, 0.4) is 0 Å². The van der Waals surface area contributed by atoms with Gasteiger partial charge in [-0.15, -0.1) is 0 Å². The van der Waals surface area contributed by atoms with Crippen molar-refractivity contribution in [2.75, 3.05) is 32.7 Å². The van der Waals surface area contributed by atoms with Gasteiger partial charge in [-0.05, 0) is 45.7 Å². The van der Waals surface area contributed by atoms with Gasteiger partial charge in [0.2, 0.25) is 0 Å². The van der Waals surface area contributed by atoms with Crippen LogP contribution in [-0.4, -0.2) is 54.3 Å². The Bertz CT molecular complexity index is 491. The van der Waals surface area contributed by atoms with E-state index in [1.807, 2.05) is 13.8 Å². The molecule has 3 heteroatoms. The summed E-state index contributed by atoms with van der Waals surface area (Å²) < 4.78 is 0. The molecule has 0 saturated carbocycles. The van der Waals surface area contributed by atoms with E-state index in [2.05, 4.69) is 42.7 Å². The molecule has 1 aromatic rings. The fourth-order valence-corrected chi connectivity index (χ4v) is 3.34. The van der Waals surface area contributed by atoms with Crippen LogP contribution < -0.4 is 0 Å². The summed E-state index contributed by atoms with van der Waals surface area (Å²) in [7, 11) is 0. The number of piperazine rings is 1. The second-order valence-corrected chi connectivity index (χ2v) is 6.60. The lowest BCUT2D eigenvalue weighted by Gasteiger charge is -2.36. The van der Waals surface area contributed by atoms with Crippen LogP contribution in [0.1, 0.15) is 40.9 Å². The summed E-state index contributed by atoms with van der Waals surface area (Å²) in [6, 6.07) is 4.82. The first kappa shape index (κ1) is 16.2. The molecule has 0 atom stereocenters. The van der Waals surface area contributed by atoms with E-state index in [-0.39, 0.29) is 5.78 Å². The third-order valence-electron chi connectivity index (χ3n) is 4.46. The van der Waals surface area contributed by atoms with Gasteiger partial charge in [-0.2, -0.15) is 0 Å². The van der Waals surface area contributed by atoms with E-state index in [1.165, 1.54) is 5.56 Å². The Morgan fingerprint density at radius 1 is 1.05 bits per heavy atom. The number of rotatable bonds is 4. The lowest BCUT2D eigenvalue weighted by Crippen LogP contribution is -2.50. The van der Waals surface area contributed by atoms with Crippen molar-refractivity contribution in [1.82, 2.24) is 9.80 Å². The first-order valence-electron chi connectivity index (χ1n) is 7.96. The van der Waals surface area contributed by atoms with Crippen molar-refractivity contribution in [3.63, 3.8) is 0 Å². The Labute approximate surface area is 128 Å². The number of benzene rings is 1. The van der Waals surface area contributed by atoms with Crippen molar-refractivity contribution in [2.45, 2.75) is 40.7 Å². The number of Topliss-reactive ketones (excluding diaryl/α,β-unsaturated/α-hetero) is 1. The fraction of sp³-hybridized carbons (Fsp3) is 0.611. The van der Waals surface area contributed by atoms with E-state index >= 15 is 0 Å². The standard InChI is InChI=1S/C18H28N2O/c1-13(2)20-8-6-19(7-9-20)12-17(21)18-15(4)10-14(3)11-16(18)5/h10-11,13H,6-9,12H2,1-5H3. The van der Waals surface area contributed by atoms with Crippen LogP contribution >= 0.6 is 0 Å². The minimum atomic E-state index is 0.267. The van der Waals surface area contributed by atoms with Crippen LogP contribution in [0.15, 0.2) is 12.1 Å². The van der Waals surface area contributed by atoms with Crippen molar-refractivity contribution in [3.05, 3.63) is 34.4 Å². The maximum atomic E-state index is 12.6. The van der Waals surface area contributed by atoms with E-state index in [9.17, 15) is 4.79 Å². The van der Waals surface area contributed by atoms with Crippen LogP contribution in [-0.2, 0) is 0 Å². The second-order valence-electron chi connectivity index (χ2n) is 6.60. The van der Waals surface area contributed by atoms with Crippen molar-refractivity contribution in [3.8, 4) is 0 Å². The van der Waals surface area contributed by atoms with Gasteiger partial charge in [0.15, 0.2) is 5.78 Å². The van der Waals surface area contributed by atoms with Gasteiger partial charge < -0.3 is 0 Å². The van der Waals surface area contributed by atoms with E-state index in [1.54, 1.807) is 0 Å². The molecule has 1 heterocycles. The highest BCUT2D eigenvalue weighted by Gasteiger charge is 2.22. The maximum Gasteiger partial charge on any atom is 0.177 e. The first-order chi connectivity index (χ1) is 9.88. The first-order valence-corrected chi connectivity index (χ1v) is 7.96. The van der Waals surface area contributed by atoms with Gasteiger partial charge in [0.25, 0.3) is 0 Å². The van der Waals surface area contributed by atoms with Crippen LogP contribution in [0.5, 0.6) is 0 Å². The summed E-state index contributed by atoms with van der Waals surface area (Å²) in [6.45, 7) is 15.3. The van der Waals surface area contributed by atoms with Gasteiger partial charge in [0, 0.05) is 37.8 Å². The molecule has 0 aromatic heterocycles. The Hall–Kier alpha value is -1.19. The number of carbonyl (C=O) groups excluding carboxylic acids is 1. The predicted molar refractivity (Wildman–Crippen MR) is 88.1 cm³/mol. The quantitative estimate of drug-likeness (QED) is 0.796. The molecule has 0 spiro atoms. The highest BCUT2D eigenvalue weighted by atomic mass is 16.1. The minimum Gasteiger partial charge on any atom is -0.298 e. The zero-order valence-electron chi connectivity index (χ0n) is 14.1. The van der Waals surface area contributed by atoms with Crippen LogP contribution in [0, 0.1) is 20.8 Å². The average Bonchev–Trinajstić information content (AvgIpc) is 2.37. The number of aryl methyl sites for hydroxylation is 3. The molecule has 0 aliphatic carbocycles. The van der Waals surface area contributed by atoms with E-state index in [0.29, 0.717) is 12.6 Å². The van der Waals surface area contributed by atoms with Crippen LogP contribution in [0.2, 0.25) is 0 Å². The number of ketones is 1. The summed E-state index contributed by atoms with van der Waals surface area (Å²) in [6.07, 6.45) is 0. The molecule has 1 aliphatic heterocycles.